The molecule has 1 aliphatic rings. The number of pyridine rings is 1. The molecular weight excluding hydrogens is 226 g/mol. The van der Waals surface area contributed by atoms with Crippen molar-refractivity contribution in [3.8, 4) is 0 Å². The molecule has 5 heteroatoms. The van der Waals surface area contributed by atoms with Crippen molar-refractivity contribution < 1.29 is 0 Å². The molecule has 0 bridgehead atoms. The van der Waals surface area contributed by atoms with E-state index in [1.165, 1.54) is 19.3 Å². The molecule has 1 saturated heterocycles. The number of nitrogens with zero attached hydrogens (tertiary/aromatic N) is 4. The Morgan fingerprint density at radius 1 is 1.39 bits per heavy atom. The number of rotatable bonds is 2. The standard InChI is InChI=1S/C13H19N5/c1-2-17-7-4-3-5-11(17)13-16-15-12-9-10(14)6-8-18(12)13/h6,8-9,11H,2-5,7,14H2,1H3. The number of fused-ring (bicyclic) bond motifs is 1. The zero-order valence-corrected chi connectivity index (χ0v) is 10.7. The van der Waals surface area contributed by atoms with Crippen molar-refractivity contribution >= 4 is 11.3 Å². The number of likely N-dealkylation sites (tertiary alicyclic amines) is 1. The van der Waals surface area contributed by atoms with Crippen molar-refractivity contribution in [3.05, 3.63) is 24.2 Å². The van der Waals surface area contributed by atoms with Gasteiger partial charge in [0.05, 0.1) is 6.04 Å². The average molecular weight is 245 g/mol. The fourth-order valence-corrected chi connectivity index (χ4v) is 2.81. The maximum atomic E-state index is 5.77. The van der Waals surface area contributed by atoms with Crippen molar-refractivity contribution in [2.24, 2.45) is 0 Å². The summed E-state index contributed by atoms with van der Waals surface area (Å²) >= 11 is 0. The third-order valence-corrected chi connectivity index (χ3v) is 3.78. The SMILES string of the molecule is CCN1CCCCC1c1nnc2cc(N)ccn12. The second-order valence-corrected chi connectivity index (χ2v) is 4.89. The van der Waals surface area contributed by atoms with E-state index < -0.39 is 0 Å². The first kappa shape index (κ1) is 11.5. The summed E-state index contributed by atoms with van der Waals surface area (Å²) in [5.41, 5.74) is 7.35. The first-order valence-electron chi connectivity index (χ1n) is 6.64. The summed E-state index contributed by atoms with van der Waals surface area (Å²) in [4.78, 5) is 2.48. The van der Waals surface area contributed by atoms with Gasteiger partial charge < -0.3 is 5.73 Å². The second kappa shape index (κ2) is 4.57. The first-order chi connectivity index (χ1) is 8.79. The van der Waals surface area contributed by atoms with Crippen molar-refractivity contribution in [1.82, 2.24) is 19.5 Å². The molecule has 0 spiro atoms. The first-order valence-corrected chi connectivity index (χ1v) is 6.64. The number of nitrogen functional groups attached to an aromatic ring is 1. The van der Waals surface area contributed by atoms with Gasteiger partial charge in [0.15, 0.2) is 11.5 Å². The Kier molecular flexibility index (Phi) is 2.91. The van der Waals surface area contributed by atoms with Gasteiger partial charge in [0.2, 0.25) is 0 Å². The van der Waals surface area contributed by atoms with Gasteiger partial charge in [-0.25, -0.2) is 0 Å². The summed E-state index contributed by atoms with van der Waals surface area (Å²) in [6, 6.07) is 4.16. The summed E-state index contributed by atoms with van der Waals surface area (Å²) in [6.45, 7) is 4.43. The van der Waals surface area contributed by atoms with Crippen molar-refractivity contribution in [1.29, 1.82) is 0 Å². The number of anilines is 1. The van der Waals surface area contributed by atoms with Crippen molar-refractivity contribution in [2.75, 3.05) is 18.8 Å². The maximum Gasteiger partial charge on any atom is 0.162 e. The number of nitrogens with two attached hydrogens (primary N) is 1. The molecule has 2 aromatic heterocycles. The van der Waals surface area contributed by atoms with Gasteiger partial charge in [-0.1, -0.05) is 13.3 Å². The van der Waals surface area contributed by atoms with Crippen LogP contribution in [0.25, 0.3) is 5.65 Å². The number of piperidine rings is 1. The molecule has 5 nitrogen and oxygen atoms in total. The lowest BCUT2D eigenvalue weighted by molar-refractivity contribution is 0.149. The molecule has 0 saturated carbocycles. The fourth-order valence-electron chi connectivity index (χ4n) is 2.81. The third-order valence-electron chi connectivity index (χ3n) is 3.78. The van der Waals surface area contributed by atoms with Crippen LogP contribution in [0.5, 0.6) is 0 Å². The summed E-state index contributed by atoms with van der Waals surface area (Å²) in [5.74, 6) is 1.05. The van der Waals surface area contributed by atoms with Crippen molar-refractivity contribution in [3.63, 3.8) is 0 Å². The van der Waals surface area contributed by atoms with Gasteiger partial charge in [-0.05, 0) is 32.0 Å². The Hall–Kier alpha value is -1.62. The summed E-state index contributed by atoms with van der Waals surface area (Å²) in [7, 11) is 0. The van der Waals surface area contributed by atoms with Crippen LogP contribution < -0.4 is 5.73 Å². The highest BCUT2D eigenvalue weighted by atomic mass is 15.3. The minimum Gasteiger partial charge on any atom is -0.399 e. The summed E-state index contributed by atoms with van der Waals surface area (Å²) < 4.78 is 2.06. The Morgan fingerprint density at radius 2 is 2.28 bits per heavy atom. The van der Waals surface area contributed by atoms with Gasteiger partial charge in [0.25, 0.3) is 0 Å². The molecule has 3 rings (SSSR count). The molecule has 0 aromatic carbocycles. The highest BCUT2D eigenvalue weighted by molar-refractivity contribution is 5.51. The largest absolute Gasteiger partial charge is 0.399 e. The van der Waals surface area contributed by atoms with Crippen LogP contribution in [0.15, 0.2) is 18.3 Å². The molecule has 18 heavy (non-hydrogen) atoms. The number of hydrogen-bond donors (Lipinski definition) is 1. The average Bonchev–Trinajstić information content (AvgIpc) is 2.81. The van der Waals surface area contributed by atoms with Gasteiger partial charge in [-0.2, -0.15) is 0 Å². The van der Waals surface area contributed by atoms with Gasteiger partial charge in [0, 0.05) is 18.0 Å². The van der Waals surface area contributed by atoms with Gasteiger partial charge in [-0.3, -0.25) is 9.30 Å². The minimum atomic E-state index is 0.391. The zero-order valence-electron chi connectivity index (χ0n) is 10.7. The highest BCUT2D eigenvalue weighted by Crippen LogP contribution is 2.29. The molecule has 1 fully saturated rings. The van der Waals surface area contributed by atoms with Crippen LogP contribution in [-0.4, -0.2) is 32.6 Å². The molecule has 1 atom stereocenters. The van der Waals surface area contributed by atoms with Crippen LogP contribution in [0.1, 0.15) is 38.1 Å². The van der Waals surface area contributed by atoms with E-state index in [9.17, 15) is 0 Å². The molecule has 1 unspecified atom stereocenters. The molecule has 2 aromatic rings. The van der Waals surface area contributed by atoms with Crippen LogP contribution in [0.2, 0.25) is 0 Å². The molecule has 96 valence electrons. The molecule has 0 amide bonds. The lowest BCUT2D eigenvalue weighted by atomic mass is 10.0. The van der Waals surface area contributed by atoms with E-state index in [1.807, 2.05) is 18.3 Å². The lowest BCUT2D eigenvalue weighted by Gasteiger charge is -2.33. The molecule has 1 aliphatic heterocycles. The maximum absolute atomic E-state index is 5.77. The highest BCUT2D eigenvalue weighted by Gasteiger charge is 2.26. The van der Waals surface area contributed by atoms with Crippen LogP contribution in [0, 0.1) is 0 Å². The Morgan fingerprint density at radius 3 is 3.11 bits per heavy atom. The molecular formula is C13H19N5. The minimum absolute atomic E-state index is 0.391. The van der Waals surface area contributed by atoms with E-state index in [-0.39, 0.29) is 0 Å². The van der Waals surface area contributed by atoms with E-state index >= 15 is 0 Å². The van der Waals surface area contributed by atoms with E-state index in [1.54, 1.807) is 0 Å². The smallest absolute Gasteiger partial charge is 0.162 e. The lowest BCUT2D eigenvalue weighted by Crippen LogP contribution is -2.34. The van der Waals surface area contributed by atoms with Crippen LogP contribution in [0.3, 0.4) is 0 Å². The van der Waals surface area contributed by atoms with E-state index in [0.29, 0.717) is 6.04 Å². The molecule has 2 N–H and O–H groups in total. The third kappa shape index (κ3) is 1.84. The van der Waals surface area contributed by atoms with E-state index in [2.05, 4.69) is 26.4 Å². The predicted molar refractivity (Wildman–Crippen MR) is 71.2 cm³/mol. The van der Waals surface area contributed by atoms with Crippen LogP contribution in [0.4, 0.5) is 5.69 Å². The number of hydrogen-bond acceptors (Lipinski definition) is 4. The molecule has 0 radical (unpaired) electrons. The Labute approximate surface area is 107 Å². The van der Waals surface area contributed by atoms with E-state index in [4.69, 9.17) is 5.73 Å². The predicted octanol–water partition coefficient (Wildman–Crippen LogP) is 1.86. The topological polar surface area (TPSA) is 59.5 Å². The Balaban J connectivity index is 2.02. The number of aromatic nitrogens is 3. The van der Waals surface area contributed by atoms with Gasteiger partial charge >= 0.3 is 0 Å². The van der Waals surface area contributed by atoms with Crippen molar-refractivity contribution in [2.45, 2.75) is 32.2 Å². The second-order valence-electron chi connectivity index (χ2n) is 4.89. The van der Waals surface area contributed by atoms with Crippen LogP contribution in [-0.2, 0) is 0 Å². The van der Waals surface area contributed by atoms with E-state index in [0.717, 1.165) is 30.2 Å². The summed E-state index contributed by atoms with van der Waals surface area (Å²) in [6.07, 6.45) is 5.69. The van der Waals surface area contributed by atoms with Gasteiger partial charge in [0.1, 0.15) is 0 Å². The Bertz CT molecular complexity index is 547. The molecule has 0 aliphatic carbocycles. The quantitative estimate of drug-likeness (QED) is 0.877. The monoisotopic (exact) mass is 245 g/mol. The van der Waals surface area contributed by atoms with Crippen LogP contribution >= 0.6 is 0 Å². The summed E-state index contributed by atoms with van der Waals surface area (Å²) in [5, 5.41) is 8.60. The van der Waals surface area contributed by atoms with Gasteiger partial charge in [-0.15, -0.1) is 10.2 Å². The normalized spacial score (nSPS) is 21.5. The molecule has 3 heterocycles. The zero-order chi connectivity index (χ0) is 12.5. The fraction of sp³-hybridized carbons (Fsp3) is 0.538.